The van der Waals surface area contributed by atoms with Crippen LogP contribution in [0.5, 0.6) is 0 Å². The molecule has 0 radical (unpaired) electrons. The Morgan fingerprint density at radius 1 is 1.25 bits per heavy atom. The van der Waals surface area contributed by atoms with E-state index >= 15 is 0 Å². The average Bonchev–Trinajstić information content (AvgIpc) is 2.62. The average molecular weight is 338 g/mol. The molecule has 20 heavy (non-hydrogen) atoms. The Hall–Kier alpha value is -0.540. The summed E-state index contributed by atoms with van der Waals surface area (Å²) in [7, 11) is 0. The summed E-state index contributed by atoms with van der Waals surface area (Å²) in [6.07, 6.45) is 2.31. The first-order chi connectivity index (χ1) is 9.40. The number of fused-ring (bicyclic) bond motifs is 2. The zero-order valence-corrected chi connectivity index (χ0v) is 14.3. The summed E-state index contributed by atoms with van der Waals surface area (Å²) in [4.78, 5) is 2.59. The van der Waals surface area contributed by atoms with Gasteiger partial charge in [-0.25, -0.2) is 0 Å². The highest BCUT2D eigenvalue weighted by Crippen LogP contribution is 2.48. The minimum absolute atomic E-state index is 0.316. The fourth-order valence-electron chi connectivity index (χ4n) is 3.65. The van der Waals surface area contributed by atoms with E-state index in [0.29, 0.717) is 10.8 Å². The van der Waals surface area contributed by atoms with Gasteiger partial charge in [0.25, 0.3) is 0 Å². The molecule has 1 saturated heterocycles. The summed E-state index contributed by atoms with van der Waals surface area (Å²) in [5.74, 6) is 0. The predicted octanol–water partition coefficient (Wildman–Crippen LogP) is 4.36. The van der Waals surface area contributed by atoms with Crippen LogP contribution in [0, 0.1) is 5.41 Å². The fourth-order valence-corrected chi connectivity index (χ4v) is 4.00. The van der Waals surface area contributed by atoms with Crippen molar-refractivity contribution in [3.63, 3.8) is 0 Å². The Kier molecular flexibility index (Phi) is 3.62. The first kappa shape index (κ1) is 14.4. The third kappa shape index (κ3) is 2.62. The van der Waals surface area contributed by atoms with Crippen molar-refractivity contribution in [2.45, 2.75) is 39.0 Å². The Morgan fingerprint density at radius 3 is 2.60 bits per heavy atom. The molecule has 2 nitrogen and oxygen atoms in total. The van der Waals surface area contributed by atoms with Gasteiger partial charge in [-0.3, -0.25) is 0 Å². The maximum atomic E-state index is 5.60. The molecule has 1 aromatic rings. The number of rotatable bonds is 1. The van der Waals surface area contributed by atoms with E-state index in [1.165, 1.54) is 15.7 Å². The van der Waals surface area contributed by atoms with Crippen LogP contribution in [0.3, 0.4) is 0 Å². The topological polar surface area (TPSA) is 12.5 Å². The quantitative estimate of drug-likeness (QED) is 0.754. The zero-order valence-electron chi connectivity index (χ0n) is 12.7. The third-order valence-electron chi connectivity index (χ3n) is 4.48. The van der Waals surface area contributed by atoms with Gasteiger partial charge in [-0.15, -0.1) is 0 Å². The fraction of sp³-hybridized carbons (Fsp3) is 0.647. The van der Waals surface area contributed by atoms with Gasteiger partial charge >= 0.3 is 0 Å². The maximum Gasteiger partial charge on any atom is 0.0475 e. The molecule has 1 spiro atoms. The van der Waals surface area contributed by atoms with E-state index in [1.807, 2.05) is 0 Å². The number of hydrogen-bond donors (Lipinski definition) is 0. The highest BCUT2D eigenvalue weighted by atomic mass is 79.9. The van der Waals surface area contributed by atoms with E-state index < -0.39 is 0 Å². The van der Waals surface area contributed by atoms with E-state index in [1.54, 1.807) is 0 Å². The molecule has 2 heterocycles. The van der Waals surface area contributed by atoms with Crippen molar-refractivity contribution < 1.29 is 4.74 Å². The van der Waals surface area contributed by atoms with Crippen LogP contribution in [-0.2, 0) is 10.2 Å². The first-order valence-corrected chi connectivity index (χ1v) is 8.32. The maximum absolute atomic E-state index is 5.60. The van der Waals surface area contributed by atoms with Crippen LogP contribution in [0.1, 0.15) is 39.2 Å². The minimum atomic E-state index is 0.316. The predicted molar refractivity (Wildman–Crippen MR) is 87.5 cm³/mol. The van der Waals surface area contributed by atoms with Crippen molar-refractivity contribution in [1.29, 1.82) is 0 Å². The van der Waals surface area contributed by atoms with E-state index in [0.717, 1.165) is 39.1 Å². The number of benzene rings is 1. The monoisotopic (exact) mass is 337 g/mol. The van der Waals surface area contributed by atoms with Gasteiger partial charge in [-0.05, 0) is 36.0 Å². The van der Waals surface area contributed by atoms with Crippen molar-refractivity contribution in [2.24, 2.45) is 5.41 Å². The lowest BCUT2D eigenvalue weighted by Gasteiger charge is -2.35. The second-order valence-corrected chi connectivity index (χ2v) is 8.39. The molecule has 0 unspecified atom stereocenters. The second kappa shape index (κ2) is 5.03. The van der Waals surface area contributed by atoms with Crippen molar-refractivity contribution in [1.82, 2.24) is 0 Å². The van der Waals surface area contributed by atoms with Gasteiger partial charge in [0.2, 0.25) is 0 Å². The Morgan fingerprint density at radius 2 is 1.95 bits per heavy atom. The number of ether oxygens (including phenoxy) is 1. The molecule has 2 aliphatic rings. The molecule has 3 rings (SSSR count). The summed E-state index contributed by atoms with van der Waals surface area (Å²) in [5, 5.41) is 0. The molecule has 0 aromatic heterocycles. The molecule has 110 valence electrons. The van der Waals surface area contributed by atoms with E-state index in [9.17, 15) is 0 Å². The second-order valence-electron chi connectivity index (χ2n) is 7.47. The third-order valence-corrected chi connectivity index (χ3v) is 4.97. The Labute approximate surface area is 130 Å². The SMILES string of the molecule is CC(C)(C)CN1CC2(CCOCC2)c2ccc(Br)cc21. The van der Waals surface area contributed by atoms with Crippen LogP contribution in [-0.4, -0.2) is 26.3 Å². The van der Waals surface area contributed by atoms with Crippen molar-refractivity contribution in [2.75, 3.05) is 31.2 Å². The van der Waals surface area contributed by atoms with Gasteiger partial charge in [0.05, 0.1) is 0 Å². The van der Waals surface area contributed by atoms with Crippen LogP contribution in [0.4, 0.5) is 5.69 Å². The Balaban J connectivity index is 1.99. The number of hydrogen-bond acceptors (Lipinski definition) is 2. The van der Waals surface area contributed by atoms with Crippen molar-refractivity contribution in [3.8, 4) is 0 Å². The molecule has 0 saturated carbocycles. The van der Waals surface area contributed by atoms with Gasteiger partial charge in [0, 0.05) is 41.9 Å². The highest BCUT2D eigenvalue weighted by Gasteiger charge is 2.44. The molecule has 1 fully saturated rings. The van der Waals surface area contributed by atoms with Gasteiger partial charge in [-0.1, -0.05) is 42.8 Å². The van der Waals surface area contributed by atoms with Crippen LogP contribution in [0.25, 0.3) is 0 Å². The standard InChI is InChI=1S/C17H24BrNO/c1-16(2,3)11-19-12-17(6-8-20-9-7-17)14-5-4-13(18)10-15(14)19/h4-5,10H,6-9,11-12H2,1-3H3. The molecule has 0 N–H and O–H groups in total. The molecular formula is C17H24BrNO. The molecule has 0 amide bonds. The first-order valence-electron chi connectivity index (χ1n) is 7.52. The molecular weight excluding hydrogens is 314 g/mol. The normalized spacial score (nSPS) is 21.3. The van der Waals surface area contributed by atoms with Crippen molar-refractivity contribution >= 4 is 21.6 Å². The van der Waals surface area contributed by atoms with Gasteiger partial charge in [0.1, 0.15) is 0 Å². The Bertz CT molecular complexity index is 500. The van der Waals surface area contributed by atoms with E-state index in [-0.39, 0.29) is 0 Å². The minimum Gasteiger partial charge on any atom is -0.381 e. The van der Waals surface area contributed by atoms with Gasteiger partial charge in [-0.2, -0.15) is 0 Å². The van der Waals surface area contributed by atoms with Crippen LogP contribution in [0.15, 0.2) is 22.7 Å². The molecule has 3 heteroatoms. The molecule has 0 aliphatic carbocycles. The lowest BCUT2D eigenvalue weighted by molar-refractivity contribution is 0.0550. The number of halogens is 1. The van der Waals surface area contributed by atoms with Crippen LogP contribution < -0.4 is 4.90 Å². The van der Waals surface area contributed by atoms with Crippen molar-refractivity contribution in [3.05, 3.63) is 28.2 Å². The van der Waals surface area contributed by atoms with Gasteiger partial charge < -0.3 is 9.64 Å². The highest BCUT2D eigenvalue weighted by molar-refractivity contribution is 9.10. The van der Waals surface area contributed by atoms with E-state index in [2.05, 4.69) is 59.8 Å². The summed E-state index contributed by atoms with van der Waals surface area (Å²) in [5.41, 5.74) is 3.60. The smallest absolute Gasteiger partial charge is 0.0475 e. The number of nitrogens with zero attached hydrogens (tertiary/aromatic N) is 1. The summed E-state index contributed by atoms with van der Waals surface area (Å²) < 4.78 is 6.78. The molecule has 0 atom stereocenters. The van der Waals surface area contributed by atoms with E-state index in [4.69, 9.17) is 4.74 Å². The largest absolute Gasteiger partial charge is 0.381 e. The summed E-state index contributed by atoms with van der Waals surface area (Å²) in [6.45, 7) is 11.0. The lowest BCUT2D eigenvalue weighted by atomic mass is 9.76. The zero-order chi connectivity index (χ0) is 14.4. The molecule has 0 bridgehead atoms. The molecule has 1 aromatic carbocycles. The summed E-state index contributed by atoms with van der Waals surface area (Å²) in [6, 6.07) is 6.81. The molecule has 2 aliphatic heterocycles. The summed E-state index contributed by atoms with van der Waals surface area (Å²) >= 11 is 3.63. The number of anilines is 1. The van der Waals surface area contributed by atoms with Crippen LogP contribution in [0.2, 0.25) is 0 Å². The van der Waals surface area contributed by atoms with Gasteiger partial charge in [0.15, 0.2) is 0 Å². The lowest BCUT2D eigenvalue weighted by Crippen LogP contribution is -2.41. The van der Waals surface area contributed by atoms with Crippen LogP contribution >= 0.6 is 15.9 Å².